The third-order valence-electron chi connectivity index (χ3n) is 2.20. The van der Waals surface area contributed by atoms with E-state index in [0.717, 1.165) is 0 Å². The maximum absolute atomic E-state index is 12.2. The van der Waals surface area contributed by atoms with Crippen LogP contribution in [0.4, 0.5) is 13.2 Å². The van der Waals surface area contributed by atoms with Gasteiger partial charge in [0, 0.05) is 20.1 Å². The number of halogens is 3. The number of hydrogen-bond donors (Lipinski definition) is 1. The van der Waals surface area contributed by atoms with Gasteiger partial charge in [-0.2, -0.15) is 13.2 Å². The molecular formula is C7H12F3N3. The molecule has 0 saturated carbocycles. The van der Waals surface area contributed by atoms with Gasteiger partial charge in [0.15, 0.2) is 5.96 Å². The van der Waals surface area contributed by atoms with E-state index >= 15 is 0 Å². The van der Waals surface area contributed by atoms with Gasteiger partial charge >= 0.3 is 6.18 Å². The normalized spacial score (nSPS) is 25.4. The van der Waals surface area contributed by atoms with Gasteiger partial charge in [0.1, 0.15) is 0 Å². The average molecular weight is 195 g/mol. The second-order valence-corrected chi connectivity index (χ2v) is 3.06. The lowest BCUT2D eigenvalue weighted by Gasteiger charge is -2.17. The molecule has 0 spiro atoms. The molecule has 0 bridgehead atoms. The minimum atomic E-state index is -4.11. The number of nitrogens with zero attached hydrogens (tertiary/aromatic N) is 2. The molecule has 2 N–H and O–H groups in total. The highest BCUT2D eigenvalue weighted by molar-refractivity contribution is 5.78. The zero-order valence-corrected chi connectivity index (χ0v) is 7.30. The van der Waals surface area contributed by atoms with Crippen LogP contribution in [0.3, 0.4) is 0 Å². The molecule has 0 aromatic heterocycles. The Bertz CT molecular complexity index is 212. The summed E-state index contributed by atoms with van der Waals surface area (Å²) in [7, 11) is 1.47. The van der Waals surface area contributed by atoms with E-state index in [0.29, 0.717) is 6.54 Å². The first-order chi connectivity index (χ1) is 5.95. The second-order valence-electron chi connectivity index (χ2n) is 3.06. The predicted molar refractivity (Wildman–Crippen MR) is 43.3 cm³/mol. The molecule has 13 heavy (non-hydrogen) atoms. The minimum absolute atomic E-state index is 0.0628. The van der Waals surface area contributed by atoms with Gasteiger partial charge in [0.25, 0.3) is 0 Å². The van der Waals surface area contributed by atoms with Crippen molar-refractivity contribution in [2.75, 3.05) is 20.1 Å². The molecule has 0 amide bonds. The van der Waals surface area contributed by atoms with Crippen molar-refractivity contribution in [1.29, 1.82) is 0 Å². The van der Waals surface area contributed by atoms with Crippen molar-refractivity contribution in [1.82, 2.24) is 4.90 Å². The van der Waals surface area contributed by atoms with Crippen LogP contribution in [-0.2, 0) is 0 Å². The molecule has 6 heteroatoms. The van der Waals surface area contributed by atoms with Gasteiger partial charge in [-0.3, -0.25) is 4.99 Å². The third kappa shape index (κ3) is 2.26. The summed E-state index contributed by atoms with van der Waals surface area (Å²) in [6, 6.07) is 0. The molecule has 1 aliphatic rings. The standard InChI is InChI=1S/C7H12F3N3/c1-12-6(11)13-3-2-5(4-13)7(8,9)10/h5H,2-4H2,1H3,(H2,11,12). The Morgan fingerprint density at radius 1 is 1.54 bits per heavy atom. The van der Waals surface area contributed by atoms with E-state index < -0.39 is 12.1 Å². The third-order valence-corrected chi connectivity index (χ3v) is 2.20. The summed E-state index contributed by atoms with van der Waals surface area (Å²) in [5.74, 6) is -1.07. The number of hydrogen-bond acceptors (Lipinski definition) is 1. The van der Waals surface area contributed by atoms with E-state index in [-0.39, 0.29) is 18.9 Å². The van der Waals surface area contributed by atoms with Gasteiger partial charge in [-0.15, -0.1) is 0 Å². The average Bonchev–Trinajstić information content (AvgIpc) is 2.50. The minimum Gasteiger partial charge on any atom is -0.370 e. The van der Waals surface area contributed by atoms with E-state index in [1.54, 1.807) is 0 Å². The zero-order valence-electron chi connectivity index (χ0n) is 7.30. The van der Waals surface area contributed by atoms with Crippen LogP contribution in [0.5, 0.6) is 0 Å². The Morgan fingerprint density at radius 3 is 2.54 bits per heavy atom. The van der Waals surface area contributed by atoms with E-state index in [4.69, 9.17) is 5.73 Å². The van der Waals surface area contributed by atoms with E-state index in [2.05, 4.69) is 4.99 Å². The van der Waals surface area contributed by atoms with Gasteiger partial charge in [0.05, 0.1) is 5.92 Å². The highest BCUT2D eigenvalue weighted by Crippen LogP contribution is 2.33. The Balaban J connectivity index is 2.55. The summed E-state index contributed by atoms with van der Waals surface area (Å²) in [5.41, 5.74) is 5.39. The highest BCUT2D eigenvalue weighted by atomic mass is 19.4. The van der Waals surface area contributed by atoms with Crippen molar-refractivity contribution in [3.8, 4) is 0 Å². The maximum Gasteiger partial charge on any atom is 0.393 e. The molecule has 1 aliphatic heterocycles. The highest BCUT2D eigenvalue weighted by Gasteiger charge is 2.43. The van der Waals surface area contributed by atoms with Crippen LogP contribution < -0.4 is 5.73 Å². The lowest BCUT2D eigenvalue weighted by atomic mass is 10.1. The quantitative estimate of drug-likeness (QED) is 0.459. The van der Waals surface area contributed by atoms with Crippen molar-refractivity contribution in [3.05, 3.63) is 0 Å². The van der Waals surface area contributed by atoms with Gasteiger partial charge in [0.2, 0.25) is 0 Å². The molecule has 0 aromatic carbocycles. The first-order valence-electron chi connectivity index (χ1n) is 3.99. The lowest BCUT2D eigenvalue weighted by molar-refractivity contribution is -0.169. The molecule has 76 valence electrons. The molecule has 1 heterocycles. The van der Waals surface area contributed by atoms with Crippen LogP contribution in [0, 0.1) is 5.92 Å². The van der Waals surface area contributed by atoms with Crippen LogP contribution in [0.1, 0.15) is 6.42 Å². The maximum atomic E-state index is 12.2. The molecule has 0 aliphatic carbocycles. The molecular weight excluding hydrogens is 183 g/mol. The Hall–Kier alpha value is -0.940. The largest absolute Gasteiger partial charge is 0.393 e. The monoisotopic (exact) mass is 195 g/mol. The van der Waals surface area contributed by atoms with E-state index in [1.807, 2.05) is 0 Å². The molecule has 0 aromatic rings. The number of alkyl halides is 3. The van der Waals surface area contributed by atoms with E-state index in [1.165, 1.54) is 11.9 Å². The lowest BCUT2D eigenvalue weighted by Crippen LogP contribution is -2.36. The van der Waals surface area contributed by atoms with Crippen molar-refractivity contribution in [3.63, 3.8) is 0 Å². The van der Waals surface area contributed by atoms with Crippen LogP contribution in [0.2, 0.25) is 0 Å². The SMILES string of the molecule is CN=C(N)N1CCC(C(F)(F)F)C1. The first kappa shape index (κ1) is 10.1. The molecule has 1 saturated heterocycles. The summed E-state index contributed by atoms with van der Waals surface area (Å²) in [5, 5.41) is 0. The van der Waals surface area contributed by atoms with Crippen molar-refractivity contribution in [2.45, 2.75) is 12.6 Å². The Kier molecular flexibility index (Phi) is 2.68. The van der Waals surface area contributed by atoms with Crippen LogP contribution in [0.25, 0.3) is 0 Å². The number of nitrogens with two attached hydrogens (primary N) is 1. The number of likely N-dealkylation sites (tertiary alicyclic amines) is 1. The predicted octanol–water partition coefficient (Wildman–Crippen LogP) is 0.815. The first-order valence-corrected chi connectivity index (χ1v) is 3.99. The smallest absolute Gasteiger partial charge is 0.370 e. The topological polar surface area (TPSA) is 41.6 Å². The summed E-state index contributed by atoms with van der Waals surface area (Å²) in [6.45, 7) is 0.278. The van der Waals surface area contributed by atoms with Gasteiger partial charge < -0.3 is 10.6 Å². The number of rotatable bonds is 0. The van der Waals surface area contributed by atoms with Crippen molar-refractivity contribution >= 4 is 5.96 Å². The van der Waals surface area contributed by atoms with Crippen LogP contribution in [0.15, 0.2) is 4.99 Å². The fraction of sp³-hybridized carbons (Fsp3) is 0.857. The summed E-state index contributed by atoms with van der Waals surface area (Å²) >= 11 is 0. The Morgan fingerprint density at radius 2 is 2.15 bits per heavy atom. The summed E-state index contributed by atoms with van der Waals surface area (Å²) in [4.78, 5) is 5.10. The molecule has 1 atom stereocenters. The van der Waals surface area contributed by atoms with Gasteiger partial charge in [-0.25, -0.2) is 0 Å². The van der Waals surface area contributed by atoms with Gasteiger partial charge in [-0.05, 0) is 6.42 Å². The van der Waals surface area contributed by atoms with Crippen LogP contribution >= 0.6 is 0 Å². The number of guanidine groups is 1. The summed E-state index contributed by atoms with van der Waals surface area (Å²) in [6.07, 6.45) is -4.00. The fourth-order valence-corrected chi connectivity index (χ4v) is 1.38. The van der Waals surface area contributed by atoms with Gasteiger partial charge in [-0.1, -0.05) is 0 Å². The Labute approximate surface area is 74.4 Å². The molecule has 0 radical (unpaired) electrons. The van der Waals surface area contributed by atoms with E-state index in [9.17, 15) is 13.2 Å². The molecule has 1 unspecified atom stereocenters. The summed E-state index contributed by atoms with van der Waals surface area (Å²) < 4.78 is 36.6. The van der Waals surface area contributed by atoms with Crippen molar-refractivity contribution < 1.29 is 13.2 Å². The molecule has 3 nitrogen and oxygen atoms in total. The zero-order chi connectivity index (χ0) is 10.1. The van der Waals surface area contributed by atoms with Crippen molar-refractivity contribution in [2.24, 2.45) is 16.6 Å². The molecule has 1 rings (SSSR count). The fourth-order valence-electron chi connectivity index (χ4n) is 1.38. The second kappa shape index (κ2) is 3.43. The van der Waals surface area contributed by atoms with Crippen LogP contribution in [-0.4, -0.2) is 37.2 Å². The molecule has 1 fully saturated rings. The number of aliphatic imine (C=N–C) groups is 1.